The largest absolute Gasteiger partial charge is 0.332 e. The van der Waals surface area contributed by atoms with Gasteiger partial charge in [0.05, 0.1) is 17.4 Å². The third kappa shape index (κ3) is 2.34. The lowest BCUT2D eigenvalue weighted by molar-refractivity contribution is 0.340. The fourth-order valence-electron chi connectivity index (χ4n) is 3.94. The lowest BCUT2D eigenvalue weighted by atomic mass is 9.80. The van der Waals surface area contributed by atoms with Crippen LogP contribution in [-0.2, 0) is 15.4 Å². The minimum absolute atomic E-state index is 0.118. The standard InChI is InChI=1S/C15H19N5O3S/c1-2-24(21,22)20-9-11-4-3-5-15(11,10-20)14-18-13(23-19-14)12-8-16-6-7-17-12/h6-8,11H,2-5,9-10H2,1H3/t11-,15-/m1/s1. The van der Waals surface area contributed by atoms with E-state index in [9.17, 15) is 8.42 Å². The molecule has 9 heteroatoms. The molecule has 8 nitrogen and oxygen atoms in total. The van der Waals surface area contributed by atoms with E-state index in [1.807, 2.05) is 0 Å². The monoisotopic (exact) mass is 349 g/mol. The Morgan fingerprint density at radius 2 is 2.29 bits per heavy atom. The van der Waals surface area contributed by atoms with E-state index in [0.717, 1.165) is 19.3 Å². The van der Waals surface area contributed by atoms with Crippen LogP contribution in [0.5, 0.6) is 0 Å². The van der Waals surface area contributed by atoms with Crippen molar-refractivity contribution in [2.45, 2.75) is 31.6 Å². The molecule has 0 unspecified atom stereocenters. The van der Waals surface area contributed by atoms with Gasteiger partial charge in [-0.05, 0) is 25.7 Å². The molecule has 0 spiro atoms. The van der Waals surface area contributed by atoms with Gasteiger partial charge in [0, 0.05) is 25.5 Å². The van der Waals surface area contributed by atoms with Crippen molar-refractivity contribution in [3.8, 4) is 11.6 Å². The number of nitrogens with zero attached hydrogens (tertiary/aromatic N) is 5. The summed E-state index contributed by atoms with van der Waals surface area (Å²) in [6.45, 7) is 2.66. The van der Waals surface area contributed by atoms with E-state index in [1.54, 1.807) is 29.8 Å². The molecule has 2 aromatic heterocycles. The molecule has 2 fully saturated rings. The molecule has 128 valence electrons. The topological polar surface area (TPSA) is 102 Å². The molecule has 2 aliphatic rings. The van der Waals surface area contributed by atoms with Gasteiger partial charge in [-0.15, -0.1) is 0 Å². The van der Waals surface area contributed by atoms with E-state index in [2.05, 4.69) is 20.1 Å². The second-order valence-electron chi connectivity index (χ2n) is 6.45. The number of aromatic nitrogens is 4. The van der Waals surface area contributed by atoms with Gasteiger partial charge in [-0.2, -0.15) is 4.98 Å². The average molecular weight is 349 g/mol. The molecule has 24 heavy (non-hydrogen) atoms. The second-order valence-corrected chi connectivity index (χ2v) is 8.71. The first-order valence-corrected chi connectivity index (χ1v) is 9.74. The summed E-state index contributed by atoms with van der Waals surface area (Å²) in [7, 11) is -3.21. The van der Waals surface area contributed by atoms with Gasteiger partial charge in [0.1, 0.15) is 5.69 Å². The molecule has 1 saturated carbocycles. The van der Waals surface area contributed by atoms with Gasteiger partial charge >= 0.3 is 0 Å². The van der Waals surface area contributed by atoms with Crippen LogP contribution in [0.15, 0.2) is 23.1 Å². The first-order valence-electron chi connectivity index (χ1n) is 8.13. The first-order chi connectivity index (χ1) is 11.5. The molecule has 3 heterocycles. The van der Waals surface area contributed by atoms with E-state index in [-0.39, 0.29) is 17.1 Å². The molecule has 4 rings (SSSR count). The van der Waals surface area contributed by atoms with Crippen LogP contribution in [0.25, 0.3) is 11.6 Å². The van der Waals surface area contributed by atoms with Crippen molar-refractivity contribution in [2.24, 2.45) is 5.92 Å². The van der Waals surface area contributed by atoms with Gasteiger partial charge in [-0.25, -0.2) is 17.7 Å². The van der Waals surface area contributed by atoms with Gasteiger partial charge < -0.3 is 4.52 Å². The summed E-state index contributed by atoms with van der Waals surface area (Å²) in [5, 5.41) is 4.17. The Bertz CT molecular complexity index is 838. The third-order valence-corrected chi connectivity index (χ3v) is 7.05. The van der Waals surface area contributed by atoms with Crippen molar-refractivity contribution in [3.05, 3.63) is 24.4 Å². The van der Waals surface area contributed by atoms with E-state index >= 15 is 0 Å². The quantitative estimate of drug-likeness (QED) is 0.818. The second kappa shape index (κ2) is 5.59. The molecule has 1 aliphatic carbocycles. The predicted molar refractivity (Wildman–Crippen MR) is 85.4 cm³/mol. The predicted octanol–water partition coefficient (Wildman–Crippen LogP) is 1.23. The zero-order chi connectivity index (χ0) is 16.8. The maximum Gasteiger partial charge on any atom is 0.278 e. The highest BCUT2D eigenvalue weighted by molar-refractivity contribution is 7.89. The fraction of sp³-hybridized carbons (Fsp3) is 0.600. The minimum atomic E-state index is -3.21. The molecular formula is C15H19N5O3S. The van der Waals surface area contributed by atoms with Crippen molar-refractivity contribution in [1.82, 2.24) is 24.4 Å². The van der Waals surface area contributed by atoms with Gasteiger partial charge in [0.2, 0.25) is 10.0 Å². The maximum absolute atomic E-state index is 12.3. The van der Waals surface area contributed by atoms with Crippen LogP contribution >= 0.6 is 0 Å². The summed E-state index contributed by atoms with van der Waals surface area (Å²) in [4.78, 5) is 12.7. The van der Waals surface area contributed by atoms with E-state index < -0.39 is 10.0 Å². The van der Waals surface area contributed by atoms with Crippen LogP contribution in [0.1, 0.15) is 32.0 Å². The summed E-state index contributed by atoms with van der Waals surface area (Å²) in [5.74, 6) is 1.29. The first kappa shape index (κ1) is 15.6. The number of hydrogen-bond donors (Lipinski definition) is 0. The highest BCUT2D eigenvalue weighted by Crippen LogP contribution is 2.50. The van der Waals surface area contributed by atoms with Gasteiger partial charge in [0.15, 0.2) is 5.82 Å². The Morgan fingerprint density at radius 3 is 3.04 bits per heavy atom. The summed E-state index contributed by atoms with van der Waals surface area (Å²) >= 11 is 0. The molecule has 0 radical (unpaired) electrons. The van der Waals surface area contributed by atoms with Crippen molar-refractivity contribution < 1.29 is 12.9 Å². The minimum Gasteiger partial charge on any atom is -0.332 e. The maximum atomic E-state index is 12.3. The van der Waals surface area contributed by atoms with Crippen LogP contribution in [0.2, 0.25) is 0 Å². The van der Waals surface area contributed by atoms with E-state index in [0.29, 0.717) is 30.5 Å². The molecule has 0 bridgehead atoms. The van der Waals surface area contributed by atoms with E-state index in [4.69, 9.17) is 4.52 Å². The fourth-order valence-corrected chi connectivity index (χ4v) is 5.14. The lowest BCUT2D eigenvalue weighted by Gasteiger charge is -2.24. The summed E-state index contributed by atoms with van der Waals surface area (Å²) in [5.41, 5.74) is 0.185. The molecule has 0 aromatic carbocycles. The summed E-state index contributed by atoms with van der Waals surface area (Å²) in [6, 6.07) is 0. The molecule has 0 amide bonds. The Hall–Kier alpha value is -1.87. The molecule has 2 atom stereocenters. The van der Waals surface area contributed by atoms with Gasteiger partial charge in [-0.1, -0.05) is 11.6 Å². The van der Waals surface area contributed by atoms with E-state index in [1.165, 1.54) is 0 Å². The normalized spacial score (nSPS) is 27.5. The zero-order valence-electron chi connectivity index (χ0n) is 13.4. The number of sulfonamides is 1. The summed E-state index contributed by atoms with van der Waals surface area (Å²) < 4.78 is 31.5. The van der Waals surface area contributed by atoms with Crippen molar-refractivity contribution in [1.29, 1.82) is 0 Å². The summed E-state index contributed by atoms with van der Waals surface area (Å²) in [6.07, 6.45) is 7.65. The van der Waals surface area contributed by atoms with Gasteiger partial charge in [0.25, 0.3) is 5.89 Å². The SMILES string of the molecule is CCS(=O)(=O)N1C[C@H]2CCC[C@@]2(c2noc(-c3cnccn3)n2)C1. The zero-order valence-corrected chi connectivity index (χ0v) is 14.2. The Kier molecular flexibility index (Phi) is 3.65. The Morgan fingerprint density at radius 1 is 1.42 bits per heavy atom. The lowest BCUT2D eigenvalue weighted by Crippen LogP contribution is -2.36. The van der Waals surface area contributed by atoms with Crippen molar-refractivity contribution in [2.75, 3.05) is 18.8 Å². The highest BCUT2D eigenvalue weighted by atomic mass is 32.2. The van der Waals surface area contributed by atoms with Crippen LogP contribution in [-0.4, -0.2) is 51.7 Å². The number of rotatable bonds is 4. The van der Waals surface area contributed by atoms with Crippen molar-refractivity contribution in [3.63, 3.8) is 0 Å². The smallest absolute Gasteiger partial charge is 0.278 e. The highest BCUT2D eigenvalue weighted by Gasteiger charge is 2.55. The number of hydrogen-bond acceptors (Lipinski definition) is 7. The molecule has 1 saturated heterocycles. The molecule has 2 aromatic rings. The molecule has 1 aliphatic heterocycles. The van der Waals surface area contributed by atoms with Crippen LogP contribution in [0.3, 0.4) is 0 Å². The Balaban J connectivity index is 1.69. The molecular weight excluding hydrogens is 330 g/mol. The Labute approximate surface area is 140 Å². The number of fused-ring (bicyclic) bond motifs is 1. The van der Waals surface area contributed by atoms with Gasteiger partial charge in [-0.3, -0.25) is 4.98 Å². The third-order valence-electron chi connectivity index (χ3n) is 5.25. The van der Waals surface area contributed by atoms with Crippen LogP contribution < -0.4 is 0 Å². The van der Waals surface area contributed by atoms with Crippen LogP contribution in [0.4, 0.5) is 0 Å². The van der Waals surface area contributed by atoms with Crippen molar-refractivity contribution >= 4 is 10.0 Å². The molecule has 0 N–H and O–H groups in total. The van der Waals surface area contributed by atoms with Crippen LogP contribution in [0, 0.1) is 5.92 Å². The average Bonchev–Trinajstić information content (AvgIpc) is 3.29.